The van der Waals surface area contributed by atoms with Crippen molar-refractivity contribution in [3.63, 3.8) is 0 Å². The second-order valence-electron chi connectivity index (χ2n) is 14.8. The maximum atomic E-state index is 2.49. The molecule has 0 saturated carbocycles. The van der Waals surface area contributed by atoms with E-state index in [1.165, 1.54) is 99.5 Å². The molecular weight excluding hydrogens is 653 g/mol. The Morgan fingerprint density at radius 1 is 0.463 bits per heavy atom. The van der Waals surface area contributed by atoms with Crippen molar-refractivity contribution in [1.82, 2.24) is 4.57 Å². The van der Waals surface area contributed by atoms with Gasteiger partial charge < -0.3 is 9.47 Å². The molecule has 0 amide bonds. The van der Waals surface area contributed by atoms with E-state index >= 15 is 0 Å². The second-order valence-corrected chi connectivity index (χ2v) is 14.8. The molecule has 0 radical (unpaired) electrons. The topological polar surface area (TPSA) is 8.17 Å². The lowest BCUT2D eigenvalue weighted by Gasteiger charge is -2.31. The zero-order valence-electron chi connectivity index (χ0n) is 30.0. The Morgan fingerprint density at radius 3 is 1.87 bits per heavy atom. The second kappa shape index (κ2) is 12.5. The molecule has 2 aliphatic rings. The third-order valence-corrected chi connectivity index (χ3v) is 11.7. The number of fused-ring (bicyclic) bond motifs is 9. The first-order valence-electron chi connectivity index (χ1n) is 19.2. The normalized spacial score (nSPS) is 13.7. The number of aryl methyl sites for hydroxylation is 2. The van der Waals surface area contributed by atoms with Gasteiger partial charge in [0.15, 0.2) is 0 Å². The van der Waals surface area contributed by atoms with Crippen LogP contribution in [0.5, 0.6) is 0 Å². The average molecular weight is 691 g/mol. The first kappa shape index (κ1) is 30.9. The summed E-state index contributed by atoms with van der Waals surface area (Å²) in [7, 11) is 0. The van der Waals surface area contributed by atoms with Crippen molar-refractivity contribution >= 4 is 66.9 Å². The van der Waals surface area contributed by atoms with E-state index in [1.54, 1.807) is 0 Å². The zero-order chi connectivity index (χ0) is 35.6. The molecule has 0 saturated heterocycles. The third kappa shape index (κ3) is 5.02. The Bertz CT molecular complexity index is 2890. The van der Waals surface area contributed by atoms with E-state index in [2.05, 4.69) is 191 Å². The fourth-order valence-corrected chi connectivity index (χ4v) is 9.07. The first-order chi connectivity index (χ1) is 26.8. The van der Waals surface area contributed by atoms with Gasteiger partial charge in [-0.1, -0.05) is 121 Å². The molecule has 0 aliphatic heterocycles. The zero-order valence-corrected chi connectivity index (χ0v) is 30.0. The summed E-state index contributed by atoms with van der Waals surface area (Å²) < 4.78 is 2.49. The highest BCUT2D eigenvalue weighted by Gasteiger charge is 2.22. The van der Waals surface area contributed by atoms with Crippen molar-refractivity contribution in [2.75, 3.05) is 4.90 Å². The van der Waals surface area contributed by atoms with Crippen LogP contribution in [0.3, 0.4) is 0 Å². The fourth-order valence-electron chi connectivity index (χ4n) is 9.07. The number of hydrogen-bond acceptors (Lipinski definition) is 1. The summed E-state index contributed by atoms with van der Waals surface area (Å²) in [6.45, 7) is 0. The molecule has 256 valence electrons. The van der Waals surface area contributed by atoms with Gasteiger partial charge in [-0.3, -0.25) is 0 Å². The molecular formula is C52H38N2. The fraction of sp³-hybridized carbons (Fsp3) is 0.0769. The van der Waals surface area contributed by atoms with Gasteiger partial charge >= 0.3 is 0 Å². The molecule has 8 aromatic carbocycles. The Hall–Kier alpha value is -6.64. The number of nitrogens with zero attached hydrogens (tertiary/aromatic N) is 2. The standard InChI is InChI=1S/C52H38N2/c1-2-14-43(15-3-1)53(44-26-20-36(21-27-44)40-19-18-35-10-4-5-13-39(35)32-40)45-28-22-42-34-46(29-23-41(42)33-45)54-49-30-24-37-11-6-8-16-47(37)51(49)52-48-17-9-7-12-38(48)25-31-50(52)54/h1-3,5-9,11-21,23-27,29-34H,4,10,22,28H2. The van der Waals surface area contributed by atoms with Gasteiger partial charge in [0.05, 0.1) is 11.0 Å². The third-order valence-electron chi connectivity index (χ3n) is 11.7. The van der Waals surface area contributed by atoms with Crippen LogP contribution in [0.2, 0.25) is 0 Å². The highest BCUT2D eigenvalue weighted by Crippen LogP contribution is 2.42. The van der Waals surface area contributed by atoms with Crippen molar-refractivity contribution in [1.29, 1.82) is 0 Å². The summed E-state index contributed by atoms with van der Waals surface area (Å²) in [6, 6.07) is 60.7. The minimum absolute atomic E-state index is 0.951. The molecule has 0 unspecified atom stereocenters. The maximum absolute atomic E-state index is 2.49. The van der Waals surface area contributed by atoms with Crippen LogP contribution in [0, 0.1) is 0 Å². The number of rotatable bonds is 5. The van der Waals surface area contributed by atoms with Crippen LogP contribution in [-0.4, -0.2) is 4.57 Å². The smallest absolute Gasteiger partial charge is 0.0547 e. The summed E-state index contributed by atoms with van der Waals surface area (Å²) in [4.78, 5) is 2.44. The number of allylic oxidation sites excluding steroid dienone is 2. The van der Waals surface area contributed by atoms with Crippen molar-refractivity contribution in [3.05, 3.63) is 198 Å². The summed E-state index contributed by atoms with van der Waals surface area (Å²) in [5.41, 5.74) is 15.4. The quantitative estimate of drug-likeness (QED) is 0.175. The number of para-hydroxylation sites is 1. The van der Waals surface area contributed by atoms with Crippen molar-refractivity contribution < 1.29 is 0 Å². The van der Waals surface area contributed by atoms with Crippen LogP contribution in [0.4, 0.5) is 11.4 Å². The average Bonchev–Trinajstić information content (AvgIpc) is 3.59. The van der Waals surface area contributed by atoms with Gasteiger partial charge in [0.1, 0.15) is 0 Å². The van der Waals surface area contributed by atoms with Crippen LogP contribution in [0.1, 0.15) is 35.1 Å². The van der Waals surface area contributed by atoms with E-state index in [1.807, 2.05) is 0 Å². The van der Waals surface area contributed by atoms with Gasteiger partial charge in [0, 0.05) is 33.5 Å². The molecule has 0 fully saturated rings. The Morgan fingerprint density at radius 2 is 1.13 bits per heavy atom. The predicted octanol–water partition coefficient (Wildman–Crippen LogP) is 13.8. The van der Waals surface area contributed by atoms with Gasteiger partial charge in [-0.05, 0) is 141 Å². The Labute approximate surface area is 315 Å². The van der Waals surface area contributed by atoms with Gasteiger partial charge in [-0.25, -0.2) is 0 Å². The van der Waals surface area contributed by atoms with Crippen LogP contribution in [0.25, 0.3) is 72.3 Å². The number of hydrogen-bond donors (Lipinski definition) is 0. The van der Waals surface area contributed by atoms with Crippen molar-refractivity contribution in [2.24, 2.45) is 0 Å². The van der Waals surface area contributed by atoms with E-state index in [-0.39, 0.29) is 0 Å². The first-order valence-corrected chi connectivity index (χ1v) is 19.2. The molecule has 1 heterocycles. The number of anilines is 2. The molecule has 1 aromatic heterocycles. The molecule has 0 bridgehead atoms. The van der Waals surface area contributed by atoms with Crippen molar-refractivity contribution in [3.8, 4) is 16.8 Å². The molecule has 0 N–H and O–H groups in total. The number of aromatic nitrogens is 1. The maximum Gasteiger partial charge on any atom is 0.0547 e. The van der Waals surface area contributed by atoms with E-state index in [4.69, 9.17) is 0 Å². The molecule has 2 nitrogen and oxygen atoms in total. The summed E-state index contributed by atoms with van der Waals surface area (Å²) >= 11 is 0. The SMILES string of the molecule is C1=Cc2cc(-c3ccc(N(C4=Cc5ccc(-n6c7ccc8ccccc8c7c7c8ccccc8ccc76)cc5CC4)c4ccccc4)cc3)ccc2CC1. The van der Waals surface area contributed by atoms with Crippen LogP contribution in [-0.2, 0) is 12.8 Å². The summed E-state index contributed by atoms with van der Waals surface area (Å²) in [5.74, 6) is 0. The van der Waals surface area contributed by atoms with Crippen LogP contribution < -0.4 is 4.90 Å². The lowest BCUT2D eigenvalue weighted by Crippen LogP contribution is -2.19. The lowest BCUT2D eigenvalue weighted by molar-refractivity contribution is 0.892. The largest absolute Gasteiger partial charge is 0.314 e. The minimum Gasteiger partial charge on any atom is -0.314 e. The monoisotopic (exact) mass is 690 g/mol. The Balaban J connectivity index is 1.00. The van der Waals surface area contributed by atoms with E-state index in [9.17, 15) is 0 Å². The molecule has 0 atom stereocenters. The molecule has 54 heavy (non-hydrogen) atoms. The molecule has 9 aromatic rings. The molecule has 11 rings (SSSR count). The number of benzene rings is 8. The predicted molar refractivity (Wildman–Crippen MR) is 230 cm³/mol. The van der Waals surface area contributed by atoms with Gasteiger partial charge in [0.25, 0.3) is 0 Å². The minimum atomic E-state index is 0.951. The lowest BCUT2D eigenvalue weighted by atomic mass is 9.92. The highest BCUT2D eigenvalue weighted by atomic mass is 15.1. The van der Waals surface area contributed by atoms with E-state index < -0.39 is 0 Å². The summed E-state index contributed by atoms with van der Waals surface area (Å²) in [6.07, 6.45) is 11.2. The van der Waals surface area contributed by atoms with Gasteiger partial charge in [0.2, 0.25) is 0 Å². The van der Waals surface area contributed by atoms with Gasteiger partial charge in [-0.15, -0.1) is 0 Å². The summed E-state index contributed by atoms with van der Waals surface area (Å²) in [5, 5.41) is 7.80. The van der Waals surface area contributed by atoms with E-state index in [0.717, 1.165) is 25.7 Å². The van der Waals surface area contributed by atoms with Crippen molar-refractivity contribution in [2.45, 2.75) is 25.7 Å². The van der Waals surface area contributed by atoms with Crippen LogP contribution >= 0.6 is 0 Å². The molecule has 2 heteroatoms. The Kier molecular flexibility index (Phi) is 7.16. The van der Waals surface area contributed by atoms with Gasteiger partial charge in [-0.2, -0.15) is 0 Å². The highest BCUT2D eigenvalue weighted by molar-refractivity contribution is 6.28. The molecule has 0 spiro atoms. The molecule has 2 aliphatic carbocycles. The van der Waals surface area contributed by atoms with E-state index in [0.29, 0.717) is 0 Å². The van der Waals surface area contributed by atoms with Crippen LogP contribution in [0.15, 0.2) is 176 Å².